The van der Waals surface area contributed by atoms with Crippen LogP contribution in [0.4, 0.5) is 5.69 Å². The number of aryl methyl sites for hydroxylation is 2. The van der Waals surface area contributed by atoms with Gasteiger partial charge in [0.2, 0.25) is 0 Å². The molecule has 2 aromatic carbocycles. The number of sulfonamides is 1. The second kappa shape index (κ2) is 8.09. The zero-order chi connectivity index (χ0) is 22.3. The average Bonchev–Trinajstić information content (AvgIpc) is 3.47. The maximum atomic E-state index is 13.5. The van der Waals surface area contributed by atoms with Gasteiger partial charge in [-0.3, -0.25) is 9.10 Å². The van der Waals surface area contributed by atoms with Crippen molar-refractivity contribution >= 4 is 21.6 Å². The van der Waals surface area contributed by atoms with Gasteiger partial charge in [-0.2, -0.15) is 0 Å². The lowest BCUT2D eigenvalue weighted by molar-refractivity contribution is 0.0714. The summed E-state index contributed by atoms with van der Waals surface area (Å²) in [5.41, 5.74) is 2.88. The van der Waals surface area contributed by atoms with Crippen LogP contribution in [0.15, 0.2) is 64.0 Å². The predicted octanol–water partition coefficient (Wildman–Crippen LogP) is 4.10. The van der Waals surface area contributed by atoms with Crippen molar-refractivity contribution in [1.82, 2.24) is 10.1 Å². The number of hydrogen-bond acceptors (Lipinski definition) is 5. The standard InChI is InChI=1S/C24H25N3O4S/c1-17-15-23(31-25-17)22-12-6-13-26(22)24(28)19-8-4-10-20(16-19)32(29,30)27-14-5-9-18-7-2-3-11-21(18)27/h2-4,7-8,10-11,15-16,22H,5-6,9,12-14H2,1H3. The van der Waals surface area contributed by atoms with Crippen molar-refractivity contribution in [2.24, 2.45) is 0 Å². The van der Waals surface area contributed by atoms with E-state index >= 15 is 0 Å². The lowest BCUT2D eigenvalue weighted by atomic mass is 10.0. The van der Waals surface area contributed by atoms with Gasteiger partial charge < -0.3 is 9.42 Å². The van der Waals surface area contributed by atoms with E-state index < -0.39 is 10.0 Å². The molecule has 0 saturated carbocycles. The largest absolute Gasteiger partial charge is 0.359 e. The average molecular weight is 452 g/mol. The summed E-state index contributed by atoms with van der Waals surface area (Å²) >= 11 is 0. The summed E-state index contributed by atoms with van der Waals surface area (Å²) in [6.45, 7) is 2.87. The summed E-state index contributed by atoms with van der Waals surface area (Å²) in [4.78, 5) is 15.2. The molecule has 2 aliphatic rings. The van der Waals surface area contributed by atoms with E-state index in [0.717, 1.165) is 42.6 Å². The molecule has 166 valence electrons. The van der Waals surface area contributed by atoms with E-state index in [1.807, 2.05) is 37.3 Å². The van der Waals surface area contributed by atoms with Gasteiger partial charge in [-0.1, -0.05) is 29.4 Å². The van der Waals surface area contributed by atoms with Crippen LogP contribution in [0.1, 0.15) is 52.7 Å². The number of amides is 1. The molecule has 32 heavy (non-hydrogen) atoms. The first-order chi connectivity index (χ1) is 15.4. The van der Waals surface area contributed by atoms with Gasteiger partial charge in [0.15, 0.2) is 5.76 Å². The highest BCUT2D eigenvalue weighted by Gasteiger charge is 2.34. The van der Waals surface area contributed by atoms with Gasteiger partial charge in [0.1, 0.15) is 0 Å². The van der Waals surface area contributed by atoms with Crippen LogP contribution in [0, 0.1) is 6.92 Å². The maximum absolute atomic E-state index is 13.5. The zero-order valence-electron chi connectivity index (χ0n) is 17.9. The lowest BCUT2D eigenvalue weighted by Crippen LogP contribution is -2.35. The summed E-state index contributed by atoms with van der Waals surface area (Å²) in [6, 6.07) is 15.6. The Bertz CT molecular complexity index is 1270. The van der Waals surface area contributed by atoms with Gasteiger partial charge in [0.25, 0.3) is 15.9 Å². The van der Waals surface area contributed by atoms with Crippen LogP contribution in [-0.2, 0) is 16.4 Å². The number of benzene rings is 2. The zero-order valence-corrected chi connectivity index (χ0v) is 18.7. The fourth-order valence-electron chi connectivity index (χ4n) is 4.68. The maximum Gasteiger partial charge on any atom is 0.264 e. The van der Waals surface area contributed by atoms with Gasteiger partial charge in [0, 0.05) is 24.7 Å². The molecule has 3 aromatic rings. The molecule has 0 radical (unpaired) electrons. The minimum atomic E-state index is -3.78. The monoisotopic (exact) mass is 451 g/mol. The third-order valence-corrected chi connectivity index (χ3v) is 8.03. The number of rotatable bonds is 4. The Morgan fingerprint density at radius 3 is 2.72 bits per heavy atom. The number of fused-ring (bicyclic) bond motifs is 1. The number of carbonyl (C=O) groups excluding carboxylic acids is 1. The molecule has 1 atom stereocenters. The normalized spacial score (nSPS) is 18.6. The van der Waals surface area contributed by atoms with Crippen LogP contribution in [0.3, 0.4) is 0 Å². The number of likely N-dealkylation sites (tertiary alicyclic amines) is 1. The molecule has 2 aliphatic heterocycles. The Morgan fingerprint density at radius 2 is 1.91 bits per heavy atom. The Morgan fingerprint density at radius 1 is 1.06 bits per heavy atom. The third kappa shape index (κ3) is 3.58. The van der Waals surface area contributed by atoms with Crippen molar-refractivity contribution < 1.29 is 17.7 Å². The molecule has 5 rings (SSSR count). The summed E-state index contributed by atoms with van der Waals surface area (Å²) in [6.07, 6.45) is 3.28. The fourth-order valence-corrected chi connectivity index (χ4v) is 6.26. The van der Waals surface area contributed by atoms with Crippen molar-refractivity contribution in [3.05, 3.63) is 77.2 Å². The molecule has 1 aromatic heterocycles. The highest BCUT2D eigenvalue weighted by molar-refractivity contribution is 7.92. The molecule has 0 bridgehead atoms. The number of carbonyl (C=O) groups is 1. The van der Waals surface area contributed by atoms with Gasteiger partial charge in [-0.05, 0) is 62.4 Å². The number of nitrogens with zero attached hydrogens (tertiary/aromatic N) is 3. The van der Waals surface area contributed by atoms with Crippen LogP contribution < -0.4 is 4.31 Å². The van der Waals surface area contributed by atoms with Crippen LogP contribution in [-0.4, -0.2) is 37.5 Å². The fraction of sp³-hybridized carbons (Fsp3) is 0.333. The van der Waals surface area contributed by atoms with Crippen molar-refractivity contribution in [3.8, 4) is 0 Å². The molecule has 8 heteroatoms. The molecule has 7 nitrogen and oxygen atoms in total. The first-order valence-electron chi connectivity index (χ1n) is 10.9. The van der Waals surface area contributed by atoms with Gasteiger partial charge in [0.05, 0.1) is 22.3 Å². The van der Waals surface area contributed by atoms with Crippen molar-refractivity contribution in [1.29, 1.82) is 0 Å². The van der Waals surface area contributed by atoms with Crippen molar-refractivity contribution in [2.75, 3.05) is 17.4 Å². The van der Waals surface area contributed by atoms with E-state index in [4.69, 9.17) is 4.52 Å². The first kappa shape index (κ1) is 20.8. The number of anilines is 1. The van der Waals surface area contributed by atoms with E-state index in [0.29, 0.717) is 24.4 Å². The topological polar surface area (TPSA) is 83.7 Å². The molecule has 0 aliphatic carbocycles. The second-order valence-electron chi connectivity index (χ2n) is 8.36. The smallest absolute Gasteiger partial charge is 0.264 e. The van der Waals surface area contributed by atoms with Crippen LogP contribution >= 0.6 is 0 Å². The Balaban J connectivity index is 1.45. The Labute approximate surface area is 187 Å². The number of para-hydroxylation sites is 1. The molecule has 3 heterocycles. The van der Waals surface area contributed by atoms with Gasteiger partial charge in [-0.25, -0.2) is 8.42 Å². The minimum absolute atomic E-state index is 0.131. The van der Waals surface area contributed by atoms with E-state index in [2.05, 4.69) is 5.16 Å². The van der Waals surface area contributed by atoms with Crippen molar-refractivity contribution in [3.63, 3.8) is 0 Å². The molecule has 1 fully saturated rings. The van der Waals surface area contributed by atoms with Crippen LogP contribution in [0.5, 0.6) is 0 Å². The van der Waals surface area contributed by atoms with E-state index in [-0.39, 0.29) is 16.8 Å². The molecule has 0 N–H and O–H groups in total. The Kier molecular flexibility index (Phi) is 5.25. The quantitative estimate of drug-likeness (QED) is 0.596. The summed E-state index contributed by atoms with van der Waals surface area (Å²) in [5, 5.41) is 3.95. The van der Waals surface area contributed by atoms with E-state index in [1.54, 1.807) is 23.1 Å². The van der Waals surface area contributed by atoms with Gasteiger partial charge in [-0.15, -0.1) is 0 Å². The molecule has 0 spiro atoms. The Hall–Kier alpha value is -3.13. The second-order valence-corrected chi connectivity index (χ2v) is 10.2. The first-order valence-corrected chi connectivity index (χ1v) is 12.3. The molecular weight excluding hydrogens is 426 g/mol. The highest BCUT2D eigenvalue weighted by atomic mass is 32.2. The number of hydrogen-bond donors (Lipinski definition) is 0. The predicted molar refractivity (Wildman–Crippen MR) is 120 cm³/mol. The van der Waals surface area contributed by atoms with Gasteiger partial charge >= 0.3 is 0 Å². The molecule has 1 saturated heterocycles. The van der Waals surface area contributed by atoms with Crippen LogP contribution in [0.25, 0.3) is 0 Å². The third-order valence-electron chi connectivity index (χ3n) is 6.22. The molecule has 1 unspecified atom stereocenters. The number of aromatic nitrogens is 1. The van der Waals surface area contributed by atoms with Crippen LogP contribution in [0.2, 0.25) is 0 Å². The summed E-state index contributed by atoms with van der Waals surface area (Å²) < 4.78 is 33.9. The van der Waals surface area contributed by atoms with E-state index in [1.165, 1.54) is 10.4 Å². The summed E-state index contributed by atoms with van der Waals surface area (Å²) in [7, 11) is -3.78. The SMILES string of the molecule is Cc1cc(C2CCCN2C(=O)c2cccc(S(=O)(=O)N3CCCc4ccccc43)c2)on1. The highest BCUT2D eigenvalue weighted by Crippen LogP contribution is 2.35. The van der Waals surface area contributed by atoms with E-state index in [9.17, 15) is 13.2 Å². The molecule has 1 amide bonds. The lowest BCUT2D eigenvalue weighted by Gasteiger charge is -2.30. The minimum Gasteiger partial charge on any atom is -0.359 e. The summed E-state index contributed by atoms with van der Waals surface area (Å²) in [5.74, 6) is 0.472. The molecular formula is C24H25N3O4S. The van der Waals surface area contributed by atoms with Crippen molar-refractivity contribution in [2.45, 2.75) is 43.5 Å².